The van der Waals surface area contributed by atoms with E-state index in [1.807, 2.05) is 0 Å². The van der Waals surface area contributed by atoms with Crippen molar-refractivity contribution in [3.05, 3.63) is 16.7 Å². The number of carbonyl (C=O) groups excluding carboxylic acids is 1. The molecule has 0 atom stereocenters. The molecule has 0 aliphatic rings. The normalized spacial score (nSPS) is 12.1. The lowest BCUT2D eigenvalue weighted by atomic mass is 10.2. The summed E-state index contributed by atoms with van der Waals surface area (Å²) in [5.41, 5.74) is 5.00. The maximum atomic E-state index is 12.2. The topological polar surface area (TPSA) is 107 Å². The zero-order valence-electron chi connectivity index (χ0n) is 10.4. The van der Waals surface area contributed by atoms with Crippen LogP contribution in [0.25, 0.3) is 4.96 Å². The number of halogens is 1. The second-order valence-electron chi connectivity index (χ2n) is 4.08. The standard InChI is InChI=1S/C10H13ClN4O3S2/c11-8-9(15-5-6-19-10(15)14-8)20(17,18)13-4-2-1-3-7(12)16/h5-6,13H,1-4H2,(H2,12,16). The summed E-state index contributed by atoms with van der Waals surface area (Å²) in [4.78, 5) is 15.1. The van der Waals surface area contributed by atoms with E-state index >= 15 is 0 Å². The number of thiazole rings is 1. The number of nitrogens with one attached hydrogen (secondary N) is 1. The fourth-order valence-corrected chi connectivity index (χ4v) is 4.20. The highest BCUT2D eigenvalue weighted by molar-refractivity contribution is 7.89. The number of sulfonamides is 1. The molecular formula is C10H13ClN4O3S2. The van der Waals surface area contributed by atoms with Crippen LogP contribution in [0.15, 0.2) is 16.6 Å². The Labute approximate surface area is 124 Å². The van der Waals surface area contributed by atoms with E-state index in [1.54, 1.807) is 11.6 Å². The minimum absolute atomic E-state index is 0.0542. The number of nitrogens with two attached hydrogens (primary N) is 1. The van der Waals surface area contributed by atoms with Gasteiger partial charge >= 0.3 is 0 Å². The fraction of sp³-hybridized carbons (Fsp3) is 0.400. The molecule has 2 aromatic rings. The molecule has 1 amide bonds. The Kier molecular flexibility index (Phi) is 4.63. The summed E-state index contributed by atoms with van der Waals surface area (Å²) in [7, 11) is -3.74. The Morgan fingerprint density at radius 2 is 2.25 bits per heavy atom. The van der Waals surface area contributed by atoms with Crippen LogP contribution >= 0.6 is 22.9 Å². The van der Waals surface area contributed by atoms with Crippen LogP contribution in [-0.4, -0.2) is 30.3 Å². The molecule has 0 aliphatic carbocycles. The second kappa shape index (κ2) is 6.08. The maximum absolute atomic E-state index is 12.2. The molecule has 0 saturated carbocycles. The highest BCUT2D eigenvalue weighted by atomic mass is 35.5. The van der Waals surface area contributed by atoms with Gasteiger partial charge in [0.25, 0.3) is 10.0 Å². The number of imidazole rings is 1. The van der Waals surface area contributed by atoms with Crippen molar-refractivity contribution in [2.45, 2.75) is 24.3 Å². The second-order valence-corrected chi connectivity index (χ2v) is 7.00. The lowest BCUT2D eigenvalue weighted by Gasteiger charge is -2.05. The number of rotatable bonds is 7. The van der Waals surface area contributed by atoms with Gasteiger partial charge in [-0.2, -0.15) is 0 Å². The SMILES string of the molecule is NC(=O)CCCCNS(=O)(=O)c1c(Cl)nc2sccn12. The summed E-state index contributed by atoms with van der Waals surface area (Å²) < 4.78 is 28.2. The van der Waals surface area contributed by atoms with Crippen LogP contribution in [0.3, 0.4) is 0 Å². The molecule has 10 heteroatoms. The molecule has 7 nitrogen and oxygen atoms in total. The number of carbonyl (C=O) groups is 1. The largest absolute Gasteiger partial charge is 0.370 e. The lowest BCUT2D eigenvalue weighted by molar-refractivity contribution is -0.118. The van der Waals surface area contributed by atoms with Crippen LogP contribution in [0.4, 0.5) is 0 Å². The molecular weight excluding hydrogens is 324 g/mol. The number of primary amides is 1. The first kappa shape index (κ1) is 15.2. The van der Waals surface area contributed by atoms with Crippen molar-refractivity contribution in [2.75, 3.05) is 6.54 Å². The summed E-state index contributed by atoms with van der Waals surface area (Å²) >= 11 is 7.17. The van der Waals surface area contributed by atoms with Crippen LogP contribution in [-0.2, 0) is 14.8 Å². The summed E-state index contributed by atoms with van der Waals surface area (Å²) in [6, 6.07) is 0. The average molecular weight is 337 g/mol. The highest BCUT2D eigenvalue weighted by Gasteiger charge is 2.24. The first-order chi connectivity index (χ1) is 9.42. The summed E-state index contributed by atoms with van der Waals surface area (Å²) in [6.45, 7) is 0.212. The third-order valence-electron chi connectivity index (χ3n) is 2.58. The van der Waals surface area contributed by atoms with Gasteiger partial charge in [-0.05, 0) is 12.8 Å². The van der Waals surface area contributed by atoms with Gasteiger partial charge in [-0.25, -0.2) is 18.1 Å². The summed E-state index contributed by atoms with van der Waals surface area (Å²) in [5.74, 6) is -0.397. The highest BCUT2D eigenvalue weighted by Crippen LogP contribution is 2.25. The molecule has 0 bridgehead atoms. The Morgan fingerprint density at radius 1 is 1.50 bits per heavy atom. The predicted octanol–water partition coefficient (Wildman–Crippen LogP) is 0.983. The van der Waals surface area contributed by atoms with Gasteiger partial charge in [0, 0.05) is 24.5 Å². The minimum Gasteiger partial charge on any atom is -0.370 e. The lowest BCUT2D eigenvalue weighted by Crippen LogP contribution is -2.26. The van der Waals surface area contributed by atoms with E-state index in [0.717, 1.165) is 0 Å². The van der Waals surface area contributed by atoms with E-state index in [-0.39, 0.29) is 23.1 Å². The molecule has 3 N–H and O–H groups in total. The van der Waals surface area contributed by atoms with Gasteiger partial charge in [0.1, 0.15) is 0 Å². The monoisotopic (exact) mass is 336 g/mol. The molecule has 0 spiro atoms. The molecule has 110 valence electrons. The van der Waals surface area contributed by atoms with E-state index in [0.29, 0.717) is 17.8 Å². The first-order valence-electron chi connectivity index (χ1n) is 5.81. The van der Waals surface area contributed by atoms with E-state index in [4.69, 9.17) is 17.3 Å². The summed E-state index contributed by atoms with van der Waals surface area (Å²) in [6.07, 6.45) is 2.89. The Morgan fingerprint density at radius 3 is 2.95 bits per heavy atom. The van der Waals surface area contributed by atoms with E-state index in [2.05, 4.69) is 9.71 Å². The Bertz CT molecular complexity index is 722. The molecule has 0 fully saturated rings. The van der Waals surface area contributed by atoms with E-state index in [9.17, 15) is 13.2 Å². The third kappa shape index (κ3) is 3.29. The van der Waals surface area contributed by atoms with Gasteiger partial charge < -0.3 is 5.73 Å². The molecule has 0 saturated heterocycles. The third-order valence-corrected chi connectivity index (χ3v) is 5.19. The summed E-state index contributed by atoms with van der Waals surface area (Å²) in [5, 5.41) is 1.61. The molecule has 0 radical (unpaired) electrons. The van der Waals surface area contributed by atoms with Crippen molar-refractivity contribution in [1.82, 2.24) is 14.1 Å². The van der Waals surface area contributed by atoms with Crippen molar-refractivity contribution < 1.29 is 13.2 Å². The molecule has 20 heavy (non-hydrogen) atoms. The van der Waals surface area contributed by atoms with Crippen molar-refractivity contribution in [1.29, 1.82) is 0 Å². The Hall–Kier alpha value is -1.16. The van der Waals surface area contributed by atoms with Crippen LogP contribution in [0.5, 0.6) is 0 Å². The van der Waals surface area contributed by atoms with Crippen molar-refractivity contribution >= 4 is 43.8 Å². The zero-order valence-corrected chi connectivity index (χ0v) is 12.8. The quantitative estimate of drug-likeness (QED) is 0.735. The molecule has 0 unspecified atom stereocenters. The minimum atomic E-state index is -3.74. The number of fused-ring (bicyclic) bond motifs is 1. The van der Waals surface area contributed by atoms with Crippen LogP contribution < -0.4 is 10.5 Å². The van der Waals surface area contributed by atoms with E-state index < -0.39 is 15.9 Å². The smallest absolute Gasteiger partial charge is 0.259 e. The van der Waals surface area contributed by atoms with Crippen molar-refractivity contribution in [3.8, 4) is 0 Å². The molecule has 2 aromatic heterocycles. The Balaban J connectivity index is 2.05. The average Bonchev–Trinajstić information content (AvgIpc) is 2.86. The number of aromatic nitrogens is 2. The van der Waals surface area contributed by atoms with Gasteiger partial charge in [0.2, 0.25) is 5.91 Å². The van der Waals surface area contributed by atoms with Crippen LogP contribution in [0, 0.1) is 0 Å². The van der Waals surface area contributed by atoms with Gasteiger partial charge in [-0.1, -0.05) is 11.6 Å². The number of amides is 1. The van der Waals surface area contributed by atoms with E-state index in [1.165, 1.54) is 15.7 Å². The maximum Gasteiger partial charge on any atom is 0.259 e. The van der Waals surface area contributed by atoms with Gasteiger partial charge in [-0.3, -0.25) is 9.20 Å². The van der Waals surface area contributed by atoms with Crippen LogP contribution in [0.1, 0.15) is 19.3 Å². The fourth-order valence-electron chi connectivity index (χ4n) is 1.68. The van der Waals surface area contributed by atoms with Gasteiger partial charge in [-0.15, -0.1) is 11.3 Å². The van der Waals surface area contributed by atoms with Crippen molar-refractivity contribution in [3.63, 3.8) is 0 Å². The number of hydrogen-bond acceptors (Lipinski definition) is 5. The number of unbranched alkanes of at least 4 members (excludes halogenated alkanes) is 1. The predicted molar refractivity (Wildman–Crippen MR) is 76.3 cm³/mol. The first-order valence-corrected chi connectivity index (χ1v) is 8.55. The number of hydrogen-bond donors (Lipinski definition) is 2. The zero-order chi connectivity index (χ0) is 14.8. The van der Waals surface area contributed by atoms with Crippen LogP contribution in [0.2, 0.25) is 5.15 Å². The molecule has 0 aromatic carbocycles. The molecule has 0 aliphatic heterocycles. The van der Waals surface area contributed by atoms with Gasteiger partial charge in [0.05, 0.1) is 0 Å². The molecule has 2 rings (SSSR count). The van der Waals surface area contributed by atoms with Crippen molar-refractivity contribution in [2.24, 2.45) is 5.73 Å². The number of nitrogens with zero attached hydrogens (tertiary/aromatic N) is 2. The molecule has 2 heterocycles. The van der Waals surface area contributed by atoms with Gasteiger partial charge in [0.15, 0.2) is 15.1 Å².